The maximum Gasteiger partial charge on any atom is 0.225 e. The van der Waals surface area contributed by atoms with Crippen LogP contribution in [-0.2, 0) is 4.79 Å². The summed E-state index contributed by atoms with van der Waals surface area (Å²) >= 11 is 0. The van der Waals surface area contributed by atoms with E-state index in [1.807, 2.05) is 60.8 Å². The van der Waals surface area contributed by atoms with E-state index in [1.54, 1.807) is 24.4 Å². The van der Waals surface area contributed by atoms with Crippen molar-refractivity contribution in [2.24, 2.45) is 0 Å². The lowest BCUT2D eigenvalue weighted by Crippen LogP contribution is -2.18. The van der Waals surface area contributed by atoms with E-state index in [0.29, 0.717) is 5.56 Å². The molecule has 29 heavy (non-hydrogen) atoms. The zero-order chi connectivity index (χ0) is 20.4. The SMILES string of the molecule is Cc1ccc(NC(=O)C[C@@H](c2ccccc2F)c2cnc3c(C)cccn23)cc1. The van der Waals surface area contributed by atoms with Crippen molar-refractivity contribution >= 4 is 17.2 Å². The number of carbonyl (C=O) groups excluding carboxylic acids is 1. The monoisotopic (exact) mass is 387 g/mol. The maximum atomic E-state index is 14.7. The smallest absolute Gasteiger partial charge is 0.225 e. The highest BCUT2D eigenvalue weighted by Gasteiger charge is 2.24. The van der Waals surface area contributed by atoms with Crippen molar-refractivity contribution in [2.45, 2.75) is 26.2 Å². The van der Waals surface area contributed by atoms with Crippen molar-refractivity contribution < 1.29 is 9.18 Å². The average molecular weight is 387 g/mol. The minimum absolute atomic E-state index is 0.108. The highest BCUT2D eigenvalue weighted by atomic mass is 19.1. The molecule has 0 aliphatic carbocycles. The molecule has 1 amide bonds. The Hall–Kier alpha value is -3.47. The summed E-state index contributed by atoms with van der Waals surface area (Å²) in [7, 11) is 0. The molecule has 0 aliphatic rings. The molecule has 1 N–H and O–H groups in total. The molecule has 4 nitrogen and oxygen atoms in total. The van der Waals surface area contributed by atoms with Crippen LogP contribution in [0.2, 0.25) is 0 Å². The van der Waals surface area contributed by atoms with Crippen molar-refractivity contribution in [1.82, 2.24) is 9.38 Å². The second-order valence-electron chi connectivity index (χ2n) is 7.26. The van der Waals surface area contributed by atoms with Gasteiger partial charge >= 0.3 is 0 Å². The molecule has 0 saturated carbocycles. The fourth-order valence-corrected chi connectivity index (χ4v) is 3.59. The number of hydrogen-bond acceptors (Lipinski definition) is 2. The van der Waals surface area contributed by atoms with E-state index < -0.39 is 5.92 Å². The number of nitrogens with one attached hydrogen (secondary N) is 1. The highest BCUT2D eigenvalue weighted by molar-refractivity contribution is 5.91. The summed E-state index contributed by atoms with van der Waals surface area (Å²) in [5.74, 6) is -0.966. The van der Waals surface area contributed by atoms with E-state index in [4.69, 9.17) is 0 Å². The summed E-state index contributed by atoms with van der Waals surface area (Å²) in [5.41, 5.74) is 4.94. The molecule has 0 spiro atoms. The zero-order valence-electron chi connectivity index (χ0n) is 16.4. The first-order valence-electron chi connectivity index (χ1n) is 9.56. The average Bonchev–Trinajstić information content (AvgIpc) is 3.14. The summed E-state index contributed by atoms with van der Waals surface area (Å²) in [6, 6.07) is 18.1. The number of pyridine rings is 1. The predicted molar refractivity (Wildman–Crippen MR) is 113 cm³/mol. The van der Waals surface area contributed by atoms with Crippen LogP contribution in [0.25, 0.3) is 5.65 Å². The second kappa shape index (κ2) is 7.87. The molecule has 2 aromatic heterocycles. The number of anilines is 1. The number of aromatic nitrogens is 2. The lowest BCUT2D eigenvalue weighted by atomic mass is 9.91. The van der Waals surface area contributed by atoms with Crippen molar-refractivity contribution in [3.05, 3.63) is 101 Å². The van der Waals surface area contributed by atoms with Gasteiger partial charge in [-0.05, 0) is 49.2 Å². The fourth-order valence-electron chi connectivity index (χ4n) is 3.59. The van der Waals surface area contributed by atoms with E-state index in [2.05, 4.69) is 10.3 Å². The fraction of sp³-hybridized carbons (Fsp3) is 0.167. The molecule has 2 aromatic carbocycles. The lowest BCUT2D eigenvalue weighted by molar-refractivity contribution is -0.116. The number of hydrogen-bond donors (Lipinski definition) is 1. The van der Waals surface area contributed by atoms with Crippen LogP contribution in [0, 0.1) is 19.7 Å². The van der Waals surface area contributed by atoms with E-state index in [9.17, 15) is 9.18 Å². The van der Waals surface area contributed by atoms with Gasteiger partial charge in [0.25, 0.3) is 0 Å². The summed E-state index contributed by atoms with van der Waals surface area (Å²) < 4.78 is 16.6. The number of amides is 1. The molecular weight excluding hydrogens is 365 g/mol. The van der Waals surface area contributed by atoms with Crippen LogP contribution in [0.1, 0.15) is 34.7 Å². The summed E-state index contributed by atoms with van der Waals surface area (Å²) in [5, 5.41) is 2.92. The quantitative estimate of drug-likeness (QED) is 0.508. The van der Waals surface area contributed by atoms with Gasteiger partial charge in [0.1, 0.15) is 11.5 Å². The molecule has 1 atom stereocenters. The van der Waals surface area contributed by atoms with Gasteiger partial charge in [-0.2, -0.15) is 0 Å². The minimum atomic E-state index is -0.460. The summed E-state index contributed by atoms with van der Waals surface area (Å²) in [6.07, 6.45) is 3.74. The van der Waals surface area contributed by atoms with Crippen molar-refractivity contribution in [2.75, 3.05) is 5.32 Å². The van der Waals surface area contributed by atoms with Crippen LogP contribution in [0.5, 0.6) is 0 Å². The Morgan fingerprint density at radius 3 is 2.59 bits per heavy atom. The van der Waals surface area contributed by atoms with Crippen molar-refractivity contribution in [3.8, 4) is 0 Å². The molecule has 0 saturated heterocycles. The van der Waals surface area contributed by atoms with Gasteiger partial charge in [0.05, 0.1) is 5.69 Å². The second-order valence-corrected chi connectivity index (χ2v) is 7.26. The van der Waals surface area contributed by atoms with Gasteiger partial charge in [0.2, 0.25) is 5.91 Å². The third-order valence-corrected chi connectivity index (χ3v) is 5.12. The van der Waals surface area contributed by atoms with E-state index in [-0.39, 0.29) is 18.1 Å². The summed E-state index contributed by atoms with van der Waals surface area (Å²) in [4.78, 5) is 17.3. The number of imidazole rings is 1. The van der Waals surface area contributed by atoms with E-state index in [1.165, 1.54) is 6.07 Å². The molecule has 0 unspecified atom stereocenters. The Morgan fingerprint density at radius 1 is 1.07 bits per heavy atom. The lowest BCUT2D eigenvalue weighted by Gasteiger charge is -2.18. The number of fused-ring (bicyclic) bond motifs is 1. The number of benzene rings is 2. The molecular formula is C24H22FN3O. The molecule has 0 radical (unpaired) electrons. The molecule has 2 heterocycles. The topological polar surface area (TPSA) is 46.4 Å². The van der Waals surface area contributed by atoms with Crippen LogP contribution in [0.3, 0.4) is 0 Å². The van der Waals surface area contributed by atoms with Crippen LogP contribution in [0.4, 0.5) is 10.1 Å². The highest BCUT2D eigenvalue weighted by Crippen LogP contribution is 2.31. The van der Waals surface area contributed by atoms with Crippen LogP contribution in [0.15, 0.2) is 73.1 Å². The van der Waals surface area contributed by atoms with Crippen LogP contribution >= 0.6 is 0 Å². The van der Waals surface area contributed by atoms with E-state index in [0.717, 1.165) is 28.2 Å². The molecule has 4 rings (SSSR count). The zero-order valence-corrected chi connectivity index (χ0v) is 16.4. The van der Waals surface area contributed by atoms with Gasteiger partial charge in [-0.15, -0.1) is 0 Å². The first kappa shape index (κ1) is 18.9. The Bertz CT molecular complexity index is 1160. The molecule has 0 aliphatic heterocycles. The first-order valence-corrected chi connectivity index (χ1v) is 9.56. The Kier molecular flexibility index (Phi) is 5.12. The predicted octanol–water partition coefficient (Wildman–Crippen LogP) is 5.25. The molecule has 146 valence electrons. The van der Waals surface area contributed by atoms with Gasteiger partial charge in [-0.1, -0.05) is 42.0 Å². The van der Waals surface area contributed by atoms with Gasteiger partial charge in [-0.3, -0.25) is 4.79 Å². The third kappa shape index (κ3) is 3.90. The molecule has 0 fully saturated rings. The maximum absolute atomic E-state index is 14.7. The van der Waals surface area contributed by atoms with E-state index >= 15 is 0 Å². The van der Waals surface area contributed by atoms with Crippen LogP contribution < -0.4 is 5.32 Å². The Morgan fingerprint density at radius 2 is 1.83 bits per heavy atom. The standard InChI is InChI=1S/C24H22FN3O/c1-16-9-11-18(12-10-16)27-23(29)14-20(19-7-3-4-8-21(19)25)22-15-26-24-17(2)6-5-13-28(22)24/h3-13,15,20H,14H2,1-2H3,(H,27,29)/t20-/m0/s1. The van der Waals surface area contributed by atoms with Crippen molar-refractivity contribution in [3.63, 3.8) is 0 Å². The Balaban J connectivity index is 1.71. The van der Waals surface area contributed by atoms with Gasteiger partial charge in [0, 0.05) is 30.4 Å². The first-order chi connectivity index (χ1) is 14.0. The molecule has 0 bridgehead atoms. The van der Waals surface area contributed by atoms with Gasteiger partial charge in [-0.25, -0.2) is 9.37 Å². The third-order valence-electron chi connectivity index (χ3n) is 5.12. The minimum Gasteiger partial charge on any atom is -0.326 e. The number of nitrogens with zero attached hydrogens (tertiary/aromatic N) is 2. The van der Waals surface area contributed by atoms with Crippen molar-refractivity contribution in [1.29, 1.82) is 0 Å². The number of halogens is 1. The number of aryl methyl sites for hydroxylation is 2. The number of rotatable bonds is 5. The molecule has 5 heteroatoms. The van der Waals surface area contributed by atoms with Gasteiger partial charge < -0.3 is 9.72 Å². The molecule has 4 aromatic rings. The van der Waals surface area contributed by atoms with Gasteiger partial charge in [0.15, 0.2) is 0 Å². The largest absolute Gasteiger partial charge is 0.326 e. The normalized spacial score (nSPS) is 12.1. The van der Waals surface area contributed by atoms with Crippen LogP contribution in [-0.4, -0.2) is 15.3 Å². The Labute approximate surface area is 169 Å². The summed E-state index contributed by atoms with van der Waals surface area (Å²) in [6.45, 7) is 3.97. The number of carbonyl (C=O) groups is 1.